The van der Waals surface area contributed by atoms with E-state index in [0.29, 0.717) is 5.82 Å². The van der Waals surface area contributed by atoms with Gasteiger partial charge in [-0.05, 0) is 23.3 Å². The first kappa shape index (κ1) is 21.1. The van der Waals surface area contributed by atoms with E-state index >= 15 is 0 Å². The van der Waals surface area contributed by atoms with Gasteiger partial charge in [-0.15, -0.1) is 0 Å². The molecule has 1 unspecified atom stereocenters. The van der Waals surface area contributed by atoms with Gasteiger partial charge >= 0.3 is 0 Å². The fraction of sp³-hybridized carbons (Fsp3) is 0.240. The van der Waals surface area contributed by atoms with E-state index in [4.69, 9.17) is 5.73 Å². The highest BCUT2D eigenvalue weighted by atomic mass is 19.1. The van der Waals surface area contributed by atoms with Gasteiger partial charge in [0.15, 0.2) is 0 Å². The number of nitrogen functional groups attached to an aromatic ring is 1. The topological polar surface area (TPSA) is 76.1 Å². The summed E-state index contributed by atoms with van der Waals surface area (Å²) in [6.07, 6.45) is 5.32. The lowest BCUT2D eigenvalue weighted by Gasteiger charge is -2.40. The van der Waals surface area contributed by atoms with Gasteiger partial charge in [0.25, 0.3) is 0 Å². The summed E-state index contributed by atoms with van der Waals surface area (Å²) in [7, 11) is 2.03. The lowest BCUT2D eigenvalue weighted by Crippen LogP contribution is -2.48. The Morgan fingerprint density at radius 1 is 0.909 bits per heavy atom. The molecule has 8 heteroatoms. The monoisotopic (exact) mass is 443 g/mol. The molecule has 1 saturated heterocycles. The van der Waals surface area contributed by atoms with Gasteiger partial charge in [0.2, 0.25) is 0 Å². The number of nitrogens with two attached hydrogens (primary N) is 1. The normalized spacial score (nSPS) is 15.5. The van der Waals surface area contributed by atoms with E-state index < -0.39 is 0 Å². The summed E-state index contributed by atoms with van der Waals surface area (Å²) in [6.45, 7) is 3.22. The van der Waals surface area contributed by atoms with Crippen LogP contribution in [-0.4, -0.2) is 50.6 Å². The summed E-state index contributed by atoms with van der Waals surface area (Å²) >= 11 is 0. The van der Waals surface area contributed by atoms with Crippen molar-refractivity contribution in [1.82, 2.24) is 24.4 Å². The van der Waals surface area contributed by atoms with Gasteiger partial charge < -0.3 is 15.2 Å². The number of piperazine rings is 1. The van der Waals surface area contributed by atoms with Gasteiger partial charge in [-0.2, -0.15) is 0 Å². The van der Waals surface area contributed by atoms with Crippen molar-refractivity contribution in [3.63, 3.8) is 0 Å². The van der Waals surface area contributed by atoms with Gasteiger partial charge in [0, 0.05) is 45.6 Å². The van der Waals surface area contributed by atoms with Gasteiger partial charge in [-0.25, -0.2) is 19.3 Å². The number of aromatic nitrogens is 4. The molecule has 0 radical (unpaired) electrons. The van der Waals surface area contributed by atoms with E-state index in [9.17, 15) is 4.39 Å². The Morgan fingerprint density at radius 3 is 2.30 bits per heavy atom. The third-order valence-electron chi connectivity index (χ3n) is 6.19. The highest BCUT2D eigenvalue weighted by Gasteiger charge is 2.30. The molecule has 1 aliphatic heterocycles. The number of imidazole rings is 1. The number of nitrogens with zero attached hydrogens (tertiary/aromatic N) is 6. The summed E-state index contributed by atoms with van der Waals surface area (Å²) in [6, 6.07) is 16.9. The highest BCUT2D eigenvalue weighted by molar-refractivity contribution is 5.84. The first-order chi connectivity index (χ1) is 16.1. The number of halogens is 1. The van der Waals surface area contributed by atoms with E-state index in [0.717, 1.165) is 48.9 Å². The lowest BCUT2D eigenvalue weighted by atomic mass is 10.0. The first-order valence-electron chi connectivity index (χ1n) is 11.0. The Balaban J connectivity index is 1.42. The number of hydrogen-bond acceptors (Lipinski definition) is 6. The number of hydrogen-bond donors (Lipinski definition) is 1. The molecule has 0 bridgehead atoms. The lowest BCUT2D eigenvalue weighted by molar-refractivity contribution is 0.203. The number of aryl methyl sites for hydroxylation is 1. The van der Waals surface area contributed by atoms with Crippen LogP contribution in [0, 0.1) is 5.82 Å². The molecule has 7 nitrogen and oxygen atoms in total. The largest absolute Gasteiger partial charge is 0.383 e. The Kier molecular flexibility index (Phi) is 5.75. The van der Waals surface area contributed by atoms with Crippen LogP contribution in [-0.2, 0) is 7.05 Å². The molecule has 0 aliphatic carbocycles. The summed E-state index contributed by atoms with van der Waals surface area (Å²) in [5.74, 6) is 1.91. The predicted molar refractivity (Wildman–Crippen MR) is 127 cm³/mol. The Hall–Kier alpha value is -3.78. The van der Waals surface area contributed by atoms with Gasteiger partial charge in [0.1, 0.15) is 29.6 Å². The van der Waals surface area contributed by atoms with Gasteiger partial charge in [-0.1, -0.05) is 42.5 Å². The summed E-state index contributed by atoms with van der Waals surface area (Å²) in [5, 5.41) is 0. The van der Waals surface area contributed by atoms with E-state index in [1.54, 1.807) is 12.1 Å². The first-order valence-corrected chi connectivity index (χ1v) is 11.0. The molecular formula is C25H26FN7. The number of anilines is 2. The zero-order valence-corrected chi connectivity index (χ0v) is 18.5. The van der Waals surface area contributed by atoms with Crippen molar-refractivity contribution in [1.29, 1.82) is 0 Å². The second kappa shape index (κ2) is 8.99. The molecule has 2 aromatic heterocycles. The van der Waals surface area contributed by atoms with Crippen molar-refractivity contribution in [2.75, 3.05) is 36.8 Å². The van der Waals surface area contributed by atoms with E-state index in [-0.39, 0.29) is 11.9 Å². The maximum Gasteiger partial charge on any atom is 0.142 e. The molecule has 33 heavy (non-hydrogen) atoms. The average molecular weight is 444 g/mol. The fourth-order valence-corrected chi connectivity index (χ4v) is 4.51. The summed E-state index contributed by atoms with van der Waals surface area (Å²) < 4.78 is 15.6. The van der Waals surface area contributed by atoms with Crippen molar-refractivity contribution in [3.8, 4) is 11.1 Å². The van der Waals surface area contributed by atoms with Gasteiger partial charge in [-0.3, -0.25) is 4.90 Å². The Morgan fingerprint density at radius 2 is 1.64 bits per heavy atom. The van der Waals surface area contributed by atoms with E-state index in [2.05, 4.69) is 53.6 Å². The minimum Gasteiger partial charge on any atom is -0.383 e. The molecule has 5 rings (SSSR count). The standard InChI is InChI=1S/C25H26FN7/c1-31-12-11-28-25(31)22(19-5-3-2-4-6-19)32-13-15-33(16-14-32)24-21(23(27)29-17-30-24)18-7-9-20(26)10-8-18/h2-12,17,22H,13-16H2,1H3,(H2,27,29,30). The minimum absolute atomic E-state index is 0.0698. The Bertz CT molecular complexity index is 1220. The number of benzene rings is 2. The second-order valence-electron chi connectivity index (χ2n) is 8.20. The maximum atomic E-state index is 13.5. The van der Waals surface area contributed by atoms with Crippen LogP contribution in [0.15, 0.2) is 73.3 Å². The fourth-order valence-electron chi connectivity index (χ4n) is 4.51. The maximum absolute atomic E-state index is 13.5. The van der Waals surface area contributed by atoms with Crippen LogP contribution in [0.3, 0.4) is 0 Å². The van der Waals surface area contributed by atoms with Crippen molar-refractivity contribution < 1.29 is 4.39 Å². The van der Waals surface area contributed by atoms with Gasteiger partial charge in [0.05, 0.1) is 11.6 Å². The molecule has 0 spiro atoms. The summed E-state index contributed by atoms with van der Waals surface area (Å²) in [4.78, 5) is 18.1. The van der Waals surface area contributed by atoms with E-state index in [1.807, 2.05) is 25.5 Å². The third-order valence-corrected chi connectivity index (χ3v) is 6.19. The molecule has 168 valence electrons. The second-order valence-corrected chi connectivity index (χ2v) is 8.20. The highest BCUT2D eigenvalue weighted by Crippen LogP contribution is 2.35. The molecule has 2 N–H and O–H groups in total. The third kappa shape index (κ3) is 4.17. The Labute approximate surface area is 192 Å². The molecule has 4 aromatic rings. The number of rotatable bonds is 5. The van der Waals surface area contributed by atoms with Crippen LogP contribution in [0.25, 0.3) is 11.1 Å². The van der Waals surface area contributed by atoms with Crippen LogP contribution in [0.5, 0.6) is 0 Å². The molecule has 3 heterocycles. The molecule has 0 saturated carbocycles. The summed E-state index contributed by atoms with van der Waals surface area (Å²) in [5.41, 5.74) is 9.01. The van der Waals surface area contributed by atoms with Crippen molar-refractivity contribution in [2.24, 2.45) is 7.05 Å². The smallest absolute Gasteiger partial charge is 0.142 e. The zero-order valence-electron chi connectivity index (χ0n) is 18.5. The SMILES string of the molecule is Cn1ccnc1C(c1ccccc1)N1CCN(c2ncnc(N)c2-c2ccc(F)cc2)CC1. The van der Waals surface area contributed by atoms with Crippen LogP contribution in [0.2, 0.25) is 0 Å². The average Bonchev–Trinajstić information content (AvgIpc) is 3.26. The predicted octanol–water partition coefficient (Wildman–Crippen LogP) is 3.51. The zero-order chi connectivity index (χ0) is 22.8. The molecule has 1 aliphatic rings. The van der Waals surface area contributed by atoms with Crippen LogP contribution in [0.1, 0.15) is 17.4 Å². The van der Waals surface area contributed by atoms with E-state index in [1.165, 1.54) is 24.0 Å². The molecule has 2 aromatic carbocycles. The molecule has 0 amide bonds. The van der Waals surface area contributed by atoms with Crippen LogP contribution < -0.4 is 10.6 Å². The van der Waals surface area contributed by atoms with Crippen molar-refractivity contribution in [3.05, 3.63) is 90.5 Å². The minimum atomic E-state index is -0.287. The quantitative estimate of drug-likeness (QED) is 0.509. The molecule has 1 atom stereocenters. The van der Waals surface area contributed by atoms with Crippen LogP contribution >= 0.6 is 0 Å². The van der Waals surface area contributed by atoms with Crippen molar-refractivity contribution in [2.45, 2.75) is 6.04 Å². The molecule has 1 fully saturated rings. The van der Waals surface area contributed by atoms with Crippen LogP contribution in [0.4, 0.5) is 16.0 Å². The van der Waals surface area contributed by atoms with Crippen molar-refractivity contribution >= 4 is 11.6 Å². The molecular weight excluding hydrogens is 417 g/mol.